The summed E-state index contributed by atoms with van der Waals surface area (Å²) in [6.07, 6.45) is 2.99. The second kappa shape index (κ2) is 7.01. The summed E-state index contributed by atoms with van der Waals surface area (Å²) < 4.78 is 7.53. The van der Waals surface area contributed by atoms with Crippen molar-refractivity contribution in [2.75, 3.05) is 27.3 Å². The van der Waals surface area contributed by atoms with Crippen molar-refractivity contribution < 1.29 is 4.74 Å². The Balaban J connectivity index is 2.49. The molecule has 0 saturated heterocycles. The summed E-state index contributed by atoms with van der Waals surface area (Å²) in [5.74, 6) is 0.587. The fraction of sp³-hybridized carbons (Fsp3) is 0.857. The van der Waals surface area contributed by atoms with Crippen LogP contribution in [-0.4, -0.2) is 47.2 Å². The molecule has 1 aromatic heterocycles. The van der Waals surface area contributed by atoms with Gasteiger partial charge in [0.25, 0.3) is 0 Å². The van der Waals surface area contributed by atoms with Crippen molar-refractivity contribution in [3.63, 3.8) is 0 Å². The number of aromatic nitrogens is 3. The first-order chi connectivity index (χ1) is 8.81. The summed E-state index contributed by atoms with van der Waals surface area (Å²) in [7, 11) is 4.04. The van der Waals surface area contributed by atoms with Gasteiger partial charge in [0.2, 0.25) is 0 Å². The van der Waals surface area contributed by atoms with Crippen LogP contribution in [0.4, 0.5) is 0 Å². The summed E-state index contributed by atoms with van der Waals surface area (Å²) >= 11 is 0. The van der Waals surface area contributed by atoms with E-state index in [-0.39, 0.29) is 5.41 Å². The van der Waals surface area contributed by atoms with E-state index in [0.717, 1.165) is 32.0 Å². The molecule has 0 atom stereocenters. The summed E-state index contributed by atoms with van der Waals surface area (Å²) in [5.41, 5.74) is 1.03. The molecule has 0 aromatic carbocycles. The van der Waals surface area contributed by atoms with Gasteiger partial charge in [0.1, 0.15) is 0 Å². The maximum absolute atomic E-state index is 5.66. The van der Waals surface area contributed by atoms with Crippen molar-refractivity contribution in [1.29, 1.82) is 0 Å². The highest BCUT2D eigenvalue weighted by Gasteiger charge is 2.24. The van der Waals surface area contributed by atoms with Gasteiger partial charge in [-0.05, 0) is 26.4 Å². The molecule has 0 bridgehead atoms. The molecular weight excluding hydrogens is 240 g/mol. The summed E-state index contributed by atoms with van der Waals surface area (Å²) in [4.78, 5) is 2.07. The normalized spacial score (nSPS) is 12.6. The van der Waals surface area contributed by atoms with Crippen LogP contribution in [0.3, 0.4) is 0 Å². The van der Waals surface area contributed by atoms with Gasteiger partial charge in [-0.1, -0.05) is 32.9 Å². The van der Waals surface area contributed by atoms with Crippen molar-refractivity contribution in [3.8, 4) is 0 Å². The highest BCUT2D eigenvalue weighted by atomic mass is 16.5. The Kier molecular flexibility index (Phi) is 5.94. The Labute approximate surface area is 116 Å². The first-order valence-corrected chi connectivity index (χ1v) is 6.94. The highest BCUT2D eigenvalue weighted by Crippen LogP contribution is 2.24. The molecule has 1 aromatic rings. The third kappa shape index (κ3) is 5.70. The smallest absolute Gasteiger partial charge is 0.0941 e. The largest absolute Gasteiger partial charge is 0.381 e. The Hall–Kier alpha value is -0.940. The second-order valence-corrected chi connectivity index (χ2v) is 6.47. The standard InChI is InChI=1S/C14H28N4O/c1-12(2)10-19-8-7-14(3,4)13-9-18(16-15-13)11-17(5)6/h9,12H,7-8,10-11H2,1-6H3. The van der Waals surface area contributed by atoms with Crippen LogP contribution in [0.5, 0.6) is 0 Å². The Bertz CT molecular complexity index is 371. The molecule has 0 spiro atoms. The molecule has 0 fully saturated rings. The van der Waals surface area contributed by atoms with Crippen LogP contribution >= 0.6 is 0 Å². The molecule has 0 saturated carbocycles. The topological polar surface area (TPSA) is 43.2 Å². The Morgan fingerprint density at radius 3 is 2.63 bits per heavy atom. The summed E-state index contributed by atoms with van der Waals surface area (Å²) in [6.45, 7) is 11.1. The number of hydrogen-bond acceptors (Lipinski definition) is 4. The fourth-order valence-corrected chi connectivity index (χ4v) is 1.74. The lowest BCUT2D eigenvalue weighted by Gasteiger charge is -2.21. The van der Waals surface area contributed by atoms with E-state index in [2.05, 4.69) is 42.9 Å². The van der Waals surface area contributed by atoms with Crippen LogP contribution in [-0.2, 0) is 16.8 Å². The zero-order chi connectivity index (χ0) is 14.5. The van der Waals surface area contributed by atoms with Gasteiger partial charge in [0.15, 0.2) is 0 Å². The van der Waals surface area contributed by atoms with Crippen molar-refractivity contribution in [2.24, 2.45) is 5.92 Å². The van der Waals surface area contributed by atoms with Crippen molar-refractivity contribution in [2.45, 2.75) is 46.2 Å². The van der Waals surface area contributed by atoms with Gasteiger partial charge in [-0.25, -0.2) is 4.68 Å². The van der Waals surface area contributed by atoms with Crippen LogP contribution in [0.25, 0.3) is 0 Å². The van der Waals surface area contributed by atoms with Crippen molar-refractivity contribution in [1.82, 2.24) is 19.9 Å². The van der Waals surface area contributed by atoms with Crippen molar-refractivity contribution >= 4 is 0 Å². The highest BCUT2D eigenvalue weighted by molar-refractivity contribution is 5.08. The van der Waals surface area contributed by atoms with E-state index >= 15 is 0 Å². The molecule has 1 rings (SSSR count). The van der Waals surface area contributed by atoms with E-state index in [1.807, 2.05) is 25.0 Å². The molecule has 5 heteroatoms. The van der Waals surface area contributed by atoms with E-state index in [0.29, 0.717) is 5.92 Å². The molecule has 0 amide bonds. The average Bonchev–Trinajstić information content (AvgIpc) is 2.72. The van der Waals surface area contributed by atoms with Gasteiger partial charge >= 0.3 is 0 Å². The number of rotatable bonds is 8. The van der Waals surface area contributed by atoms with Gasteiger partial charge < -0.3 is 4.74 Å². The average molecular weight is 268 g/mol. The minimum Gasteiger partial charge on any atom is -0.381 e. The predicted molar refractivity (Wildman–Crippen MR) is 77.0 cm³/mol. The van der Waals surface area contributed by atoms with E-state index < -0.39 is 0 Å². The minimum atomic E-state index is 0.00153. The molecule has 1 heterocycles. The minimum absolute atomic E-state index is 0.00153. The first kappa shape index (κ1) is 16.1. The van der Waals surface area contributed by atoms with Crippen LogP contribution in [0.15, 0.2) is 6.20 Å². The van der Waals surface area contributed by atoms with E-state index in [1.165, 1.54) is 0 Å². The predicted octanol–water partition coefficient (Wildman–Crippen LogP) is 2.14. The molecule has 110 valence electrons. The van der Waals surface area contributed by atoms with Gasteiger partial charge in [-0.2, -0.15) is 0 Å². The quantitative estimate of drug-likeness (QED) is 0.678. The molecule has 0 radical (unpaired) electrons. The van der Waals surface area contributed by atoms with Crippen LogP contribution in [0.1, 0.15) is 39.8 Å². The number of nitrogens with zero attached hydrogens (tertiary/aromatic N) is 4. The first-order valence-electron chi connectivity index (χ1n) is 6.94. The van der Waals surface area contributed by atoms with Gasteiger partial charge in [-0.15, -0.1) is 5.10 Å². The zero-order valence-corrected chi connectivity index (χ0v) is 13.2. The summed E-state index contributed by atoms with van der Waals surface area (Å²) in [6, 6.07) is 0. The maximum Gasteiger partial charge on any atom is 0.0941 e. The summed E-state index contributed by atoms with van der Waals surface area (Å²) in [5, 5.41) is 8.45. The SMILES string of the molecule is CC(C)COCCC(C)(C)c1cn(CN(C)C)nn1. The fourth-order valence-electron chi connectivity index (χ4n) is 1.74. The maximum atomic E-state index is 5.66. The van der Waals surface area contributed by atoms with E-state index in [4.69, 9.17) is 4.74 Å². The van der Waals surface area contributed by atoms with Gasteiger partial charge in [0.05, 0.1) is 18.6 Å². The van der Waals surface area contributed by atoms with Crippen LogP contribution in [0, 0.1) is 5.92 Å². The lowest BCUT2D eigenvalue weighted by molar-refractivity contribution is 0.0959. The van der Waals surface area contributed by atoms with Crippen LogP contribution in [0.2, 0.25) is 0 Å². The van der Waals surface area contributed by atoms with Gasteiger partial charge in [-0.3, -0.25) is 4.90 Å². The lowest BCUT2D eigenvalue weighted by atomic mass is 9.86. The third-order valence-corrected chi connectivity index (χ3v) is 2.98. The number of ether oxygens (including phenoxy) is 1. The molecule has 19 heavy (non-hydrogen) atoms. The van der Waals surface area contributed by atoms with Crippen LogP contribution < -0.4 is 0 Å². The number of hydrogen-bond donors (Lipinski definition) is 0. The monoisotopic (exact) mass is 268 g/mol. The van der Waals surface area contributed by atoms with E-state index in [1.54, 1.807) is 0 Å². The molecule has 0 aliphatic carbocycles. The molecular formula is C14H28N4O. The molecule has 0 N–H and O–H groups in total. The lowest BCUT2D eigenvalue weighted by Crippen LogP contribution is -2.21. The Morgan fingerprint density at radius 2 is 2.05 bits per heavy atom. The van der Waals surface area contributed by atoms with Crippen molar-refractivity contribution in [3.05, 3.63) is 11.9 Å². The molecule has 0 aliphatic rings. The van der Waals surface area contributed by atoms with Gasteiger partial charge in [0, 0.05) is 18.6 Å². The molecule has 0 unspecified atom stereocenters. The molecule has 0 aliphatic heterocycles. The third-order valence-electron chi connectivity index (χ3n) is 2.98. The zero-order valence-electron chi connectivity index (χ0n) is 13.2. The van der Waals surface area contributed by atoms with E-state index in [9.17, 15) is 0 Å². The molecule has 5 nitrogen and oxygen atoms in total. The second-order valence-electron chi connectivity index (χ2n) is 6.47. The Morgan fingerprint density at radius 1 is 1.37 bits per heavy atom.